The van der Waals surface area contributed by atoms with E-state index in [9.17, 15) is 9.90 Å². The lowest BCUT2D eigenvalue weighted by atomic mass is 10.0. The van der Waals surface area contributed by atoms with Gasteiger partial charge in [0.1, 0.15) is 11.5 Å². The Hall–Kier alpha value is -2.53. The maximum Gasteiger partial charge on any atom is 0.216 e. The quantitative estimate of drug-likeness (QED) is 0.705. The number of phenols is 1. The fourth-order valence-corrected chi connectivity index (χ4v) is 4.20. The van der Waals surface area contributed by atoms with Gasteiger partial charge in [0.15, 0.2) is 0 Å². The zero-order chi connectivity index (χ0) is 17.8. The van der Waals surface area contributed by atoms with Gasteiger partial charge in [0, 0.05) is 29.5 Å². The van der Waals surface area contributed by atoms with Crippen molar-refractivity contribution in [1.29, 1.82) is 0 Å². The fraction of sp³-hybridized carbons (Fsp3) is 0.250. The first-order valence-electron chi connectivity index (χ1n) is 8.17. The van der Waals surface area contributed by atoms with Crippen LogP contribution in [0.15, 0.2) is 42.5 Å². The molecule has 0 saturated carbocycles. The molecule has 0 spiro atoms. The van der Waals surface area contributed by atoms with E-state index in [0.29, 0.717) is 6.54 Å². The molecule has 0 aliphatic heterocycles. The third-order valence-corrected chi connectivity index (χ3v) is 5.32. The molecule has 3 aromatic rings. The third kappa shape index (κ3) is 4.12. The van der Waals surface area contributed by atoms with Crippen molar-refractivity contribution in [2.45, 2.75) is 19.8 Å². The number of carbonyl (C=O) groups excluding carboxylic acids is 1. The molecular weight excluding hydrogens is 334 g/mol. The molecule has 0 bridgehead atoms. The van der Waals surface area contributed by atoms with Crippen LogP contribution >= 0.6 is 11.3 Å². The van der Waals surface area contributed by atoms with Gasteiger partial charge in [0.25, 0.3) is 0 Å². The van der Waals surface area contributed by atoms with Crippen LogP contribution in [0.3, 0.4) is 0 Å². The molecule has 25 heavy (non-hydrogen) atoms. The average Bonchev–Trinajstić information content (AvgIpc) is 2.91. The lowest BCUT2D eigenvalue weighted by Crippen LogP contribution is -2.22. The number of amides is 1. The van der Waals surface area contributed by atoms with Crippen LogP contribution in [0.1, 0.15) is 22.9 Å². The summed E-state index contributed by atoms with van der Waals surface area (Å²) in [6.07, 6.45) is 1.54. The smallest absolute Gasteiger partial charge is 0.216 e. The van der Waals surface area contributed by atoms with Crippen LogP contribution in [0, 0.1) is 0 Å². The molecule has 2 N–H and O–H groups in total. The van der Waals surface area contributed by atoms with Crippen LogP contribution in [0.4, 0.5) is 0 Å². The Balaban J connectivity index is 1.95. The number of nitrogens with one attached hydrogen (secondary N) is 1. The predicted molar refractivity (Wildman–Crippen MR) is 102 cm³/mol. The van der Waals surface area contributed by atoms with Crippen LogP contribution < -0.4 is 10.1 Å². The molecular formula is C20H21NO3S. The molecule has 0 aliphatic rings. The highest BCUT2D eigenvalue weighted by atomic mass is 32.1. The molecule has 1 heterocycles. The standard InChI is InChI=1S/C20H21NO3S/c1-13(22)21-9-8-17-18-12-15(23)6-7-19(18)25-20(17)11-14-4-3-5-16(10-14)24-2/h3-7,10,12,23H,8-9,11H2,1-2H3,(H,21,22). The Kier molecular flexibility index (Phi) is 5.24. The lowest BCUT2D eigenvalue weighted by Gasteiger charge is -2.07. The maximum atomic E-state index is 11.2. The summed E-state index contributed by atoms with van der Waals surface area (Å²) in [5.41, 5.74) is 2.36. The van der Waals surface area contributed by atoms with Crippen LogP contribution in [-0.2, 0) is 17.6 Å². The van der Waals surface area contributed by atoms with Crippen LogP contribution in [0.25, 0.3) is 10.1 Å². The Labute approximate surface area is 151 Å². The topological polar surface area (TPSA) is 58.6 Å². The zero-order valence-electron chi connectivity index (χ0n) is 14.3. The molecule has 130 valence electrons. The van der Waals surface area contributed by atoms with Crippen molar-refractivity contribution in [3.8, 4) is 11.5 Å². The fourth-order valence-electron chi connectivity index (χ4n) is 2.94. The summed E-state index contributed by atoms with van der Waals surface area (Å²) in [6.45, 7) is 2.11. The molecule has 0 aliphatic carbocycles. The Morgan fingerprint density at radius 2 is 2.08 bits per heavy atom. The molecule has 1 aromatic heterocycles. The summed E-state index contributed by atoms with van der Waals surface area (Å²) < 4.78 is 6.46. The van der Waals surface area contributed by atoms with E-state index < -0.39 is 0 Å². The van der Waals surface area contributed by atoms with Gasteiger partial charge in [-0.15, -0.1) is 11.3 Å². The first-order valence-corrected chi connectivity index (χ1v) is 8.99. The highest BCUT2D eigenvalue weighted by molar-refractivity contribution is 7.19. The van der Waals surface area contributed by atoms with E-state index in [1.165, 1.54) is 22.9 Å². The summed E-state index contributed by atoms with van der Waals surface area (Å²) in [4.78, 5) is 12.4. The number of hydrogen-bond donors (Lipinski definition) is 2. The van der Waals surface area contributed by atoms with E-state index >= 15 is 0 Å². The highest BCUT2D eigenvalue weighted by Gasteiger charge is 2.14. The molecule has 1 amide bonds. The van der Waals surface area contributed by atoms with Gasteiger partial charge in [-0.3, -0.25) is 4.79 Å². The highest BCUT2D eigenvalue weighted by Crippen LogP contribution is 2.35. The number of phenolic OH excluding ortho intramolecular Hbond substituents is 1. The van der Waals surface area contributed by atoms with Gasteiger partial charge in [-0.25, -0.2) is 0 Å². The van der Waals surface area contributed by atoms with E-state index in [4.69, 9.17) is 4.74 Å². The van der Waals surface area contributed by atoms with E-state index in [-0.39, 0.29) is 11.7 Å². The van der Waals surface area contributed by atoms with E-state index in [1.54, 1.807) is 24.5 Å². The Morgan fingerprint density at radius 1 is 1.24 bits per heavy atom. The minimum atomic E-state index is -0.0308. The van der Waals surface area contributed by atoms with E-state index in [0.717, 1.165) is 28.7 Å². The minimum absolute atomic E-state index is 0.0308. The second-order valence-electron chi connectivity index (χ2n) is 5.95. The number of carbonyl (C=O) groups is 1. The third-order valence-electron chi connectivity index (χ3n) is 4.11. The van der Waals surface area contributed by atoms with Crippen LogP contribution in [0.5, 0.6) is 11.5 Å². The molecule has 4 nitrogen and oxygen atoms in total. The van der Waals surface area contributed by atoms with Gasteiger partial charge in [-0.05, 0) is 53.3 Å². The largest absolute Gasteiger partial charge is 0.508 e. The van der Waals surface area contributed by atoms with Crippen molar-refractivity contribution >= 4 is 27.3 Å². The summed E-state index contributed by atoms with van der Waals surface area (Å²) in [5.74, 6) is 1.08. The summed E-state index contributed by atoms with van der Waals surface area (Å²) in [7, 11) is 1.67. The number of rotatable bonds is 6. The van der Waals surface area contributed by atoms with Crippen molar-refractivity contribution < 1.29 is 14.6 Å². The summed E-state index contributed by atoms with van der Waals surface area (Å²) >= 11 is 1.74. The van der Waals surface area contributed by atoms with Crippen molar-refractivity contribution in [3.63, 3.8) is 0 Å². The van der Waals surface area contributed by atoms with Gasteiger partial charge in [0.2, 0.25) is 5.91 Å². The SMILES string of the molecule is COc1cccc(Cc2sc3ccc(O)cc3c2CCNC(C)=O)c1. The molecule has 0 unspecified atom stereocenters. The number of ether oxygens (including phenoxy) is 1. The number of benzene rings is 2. The van der Waals surface area contributed by atoms with Crippen molar-refractivity contribution in [2.75, 3.05) is 13.7 Å². The van der Waals surface area contributed by atoms with Crippen molar-refractivity contribution in [3.05, 3.63) is 58.5 Å². The molecule has 0 saturated heterocycles. The second kappa shape index (κ2) is 7.57. The van der Waals surface area contributed by atoms with Gasteiger partial charge in [-0.1, -0.05) is 12.1 Å². The Morgan fingerprint density at radius 3 is 2.84 bits per heavy atom. The predicted octanol–water partition coefficient (Wildman–Crippen LogP) is 3.88. The summed E-state index contributed by atoms with van der Waals surface area (Å²) in [5, 5.41) is 13.8. The van der Waals surface area contributed by atoms with Crippen LogP contribution in [-0.4, -0.2) is 24.7 Å². The summed E-state index contributed by atoms with van der Waals surface area (Å²) in [6, 6.07) is 13.5. The normalized spacial score (nSPS) is 10.8. The van der Waals surface area contributed by atoms with Crippen molar-refractivity contribution in [1.82, 2.24) is 5.32 Å². The Bertz CT molecular complexity index is 901. The molecule has 0 fully saturated rings. The van der Waals surface area contributed by atoms with Gasteiger partial charge < -0.3 is 15.2 Å². The van der Waals surface area contributed by atoms with E-state index in [1.807, 2.05) is 30.3 Å². The number of fused-ring (bicyclic) bond motifs is 1. The zero-order valence-corrected chi connectivity index (χ0v) is 15.2. The van der Waals surface area contributed by atoms with Crippen LogP contribution in [0.2, 0.25) is 0 Å². The maximum absolute atomic E-state index is 11.2. The van der Waals surface area contributed by atoms with Gasteiger partial charge in [-0.2, -0.15) is 0 Å². The van der Waals surface area contributed by atoms with E-state index in [2.05, 4.69) is 11.4 Å². The molecule has 0 radical (unpaired) electrons. The number of thiophene rings is 1. The first kappa shape index (κ1) is 17.3. The molecule has 3 rings (SSSR count). The first-order chi connectivity index (χ1) is 12.1. The second-order valence-corrected chi connectivity index (χ2v) is 7.08. The average molecular weight is 355 g/mol. The molecule has 0 atom stereocenters. The molecule has 2 aromatic carbocycles. The van der Waals surface area contributed by atoms with Gasteiger partial charge in [0.05, 0.1) is 7.11 Å². The number of methoxy groups -OCH3 is 1. The van der Waals surface area contributed by atoms with Gasteiger partial charge >= 0.3 is 0 Å². The van der Waals surface area contributed by atoms with Crippen molar-refractivity contribution in [2.24, 2.45) is 0 Å². The molecule has 5 heteroatoms. The lowest BCUT2D eigenvalue weighted by molar-refractivity contribution is -0.118. The minimum Gasteiger partial charge on any atom is -0.508 e. The number of hydrogen-bond acceptors (Lipinski definition) is 4. The number of aromatic hydroxyl groups is 1. The monoisotopic (exact) mass is 355 g/mol.